The van der Waals surface area contributed by atoms with Gasteiger partial charge in [-0.05, 0) is 38.1 Å². The van der Waals surface area contributed by atoms with Gasteiger partial charge in [-0.15, -0.1) is 10.2 Å². The number of thioether (sulfide) groups is 1. The summed E-state index contributed by atoms with van der Waals surface area (Å²) < 4.78 is 27.0. The van der Waals surface area contributed by atoms with Gasteiger partial charge in [0.05, 0.1) is 11.5 Å². The zero-order chi connectivity index (χ0) is 21.0. The fourth-order valence-corrected chi connectivity index (χ4v) is 4.38. The minimum atomic E-state index is -3.35. The topological polar surface area (TPSA) is 94.0 Å². The van der Waals surface area contributed by atoms with E-state index in [4.69, 9.17) is 0 Å². The van der Waals surface area contributed by atoms with E-state index in [-0.39, 0.29) is 11.0 Å². The van der Waals surface area contributed by atoms with Crippen LogP contribution in [0, 0.1) is 0 Å². The van der Waals surface area contributed by atoms with Gasteiger partial charge in [0, 0.05) is 23.4 Å². The molecule has 0 saturated carbocycles. The summed E-state index contributed by atoms with van der Waals surface area (Å²) >= 11 is 1.36. The number of nitrogens with zero attached hydrogens (tertiary/aromatic N) is 3. The van der Waals surface area contributed by atoms with Crippen molar-refractivity contribution in [2.45, 2.75) is 30.8 Å². The highest BCUT2D eigenvalue weighted by Gasteiger charge is 2.21. The molecule has 0 saturated heterocycles. The molecule has 152 valence electrons. The molecule has 0 aliphatic heterocycles. The van der Waals surface area contributed by atoms with Crippen LogP contribution in [0.2, 0.25) is 0 Å². The number of nitrogens with one attached hydrogen (secondary N) is 1. The van der Waals surface area contributed by atoms with E-state index in [1.165, 1.54) is 11.8 Å². The lowest BCUT2D eigenvalue weighted by Gasteiger charge is -2.12. The summed E-state index contributed by atoms with van der Waals surface area (Å²) in [4.78, 5) is 12.8. The molecular formula is C20H22N4O3S2. The Labute approximate surface area is 174 Å². The largest absolute Gasteiger partial charge is 0.302 e. The third kappa shape index (κ3) is 5.24. The average Bonchev–Trinajstić information content (AvgIpc) is 3.10. The number of anilines is 1. The minimum absolute atomic E-state index is 0.0622. The van der Waals surface area contributed by atoms with E-state index in [2.05, 4.69) is 14.9 Å². The Hall–Kier alpha value is -2.65. The van der Waals surface area contributed by atoms with Gasteiger partial charge in [-0.3, -0.25) is 9.52 Å². The molecule has 0 amide bonds. The molecule has 9 heteroatoms. The molecule has 2 aromatic carbocycles. The fourth-order valence-electron chi connectivity index (χ4n) is 2.82. The zero-order valence-electron chi connectivity index (χ0n) is 16.4. The number of hydrogen-bond acceptors (Lipinski definition) is 6. The molecule has 7 nitrogen and oxygen atoms in total. The third-order valence-corrected chi connectivity index (χ3v) is 5.88. The Balaban J connectivity index is 1.75. The van der Waals surface area contributed by atoms with Crippen molar-refractivity contribution >= 4 is 33.3 Å². The van der Waals surface area contributed by atoms with Crippen molar-refractivity contribution in [3.05, 3.63) is 60.2 Å². The highest BCUT2D eigenvalue weighted by Crippen LogP contribution is 2.28. The number of rotatable bonds is 8. The molecule has 3 rings (SSSR count). The number of Topliss-reactive ketones (excluding diaryl/α,β-unsaturated/α-hetero) is 1. The van der Waals surface area contributed by atoms with Crippen LogP contribution in [0.15, 0.2) is 59.8 Å². The Morgan fingerprint density at radius 3 is 2.34 bits per heavy atom. The maximum Gasteiger partial charge on any atom is 0.229 e. The van der Waals surface area contributed by atoms with E-state index < -0.39 is 10.0 Å². The second kappa shape index (κ2) is 8.79. The zero-order valence-corrected chi connectivity index (χ0v) is 18.0. The third-order valence-electron chi connectivity index (χ3n) is 4.19. The summed E-state index contributed by atoms with van der Waals surface area (Å²) in [6, 6.07) is 16.2. The van der Waals surface area contributed by atoms with Gasteiger partial charge >= 0.3 is 0 Å². The number of sulfonamides is 1. The average molecular weight is 431 g/mol. The quantitative estimate of drug-likeness (QED) is 0.433. The molecule has 1 N–H and O–H groups in total. The predicted octanol–water partition coefficient (Wildman–Crippen LogP) is 3.70. The maximum absolute atomic E-state index is 12.8. The maximum atomic E-state index is 12.8. The van der Waals surface area contributed by atoms with E-state index >= 15 is 0 Å². The SMILES string of the molecule is CCn1c(SC(C)C(=O)c2ccc(NS(C)(=O)=O)cc2)nnc1-c1ccccc1. The van der Waals surface area contributed by atoms with Crippen LogP contribution in [0.5, 0.6) is 0 Å². The van der Waals surface area contributed by atoms with Crippen molar-refractivity contribution in [1.29, 1.82) is 0 Å². The first-order valence-electron chi connectivity index (χ1n) is 9.06. The van der Waals surface area contributed by atoms with Gasteiger partial charge in [0.15, 0.2) is 16.8 Å². The summed E-state index contributed by atoms with van der Waals surface area (Å²) in [7, 11) is -3.35. The Kier molecular flexibility index (Phi) is 6.39. The van der Waals surface area contributed by atoms with Crippen LogP contribution in [-0.4, -0.2) is 40.5 Å². The van der Waals surface area contributed by atoms with Gasteiger partial charge in [-0.2, -0.15) is 0 Å². The highest BCUT2D eigenvalue weighted by molar-refractivity contribution is 8.00. The van der Waals surface area contributed by atoms with E-state index in [1.54, 1.807) is 24.3 Å². The summed E-state index contributed by atoms with van der Waals surface area (Å²) in [6.07, 6.45) is 1.08. The highest BCUT2D eigenvalue weighted by atomic mass is 32.2. The summed E-state index contributed by atoms with van der Waals surface area (Å²) in [6.45, 7) is 4.53. The van der Waals surface area contributed by atoms with Crippen LogP contribution in [-0.2, 0) is 16.6 Å². The van der Waals surface area contributed by atoms with Crippen molar-refractivity contribution in [3.63, 3.8) is 0 Å². The first-order valence-corrected chi connectivity index (χ1v) is 11.8. The lowest BCUT2D eigenvalue weighted by Crippen LogP contribution is -2.15. The molecular weight excluding hydrogens is 408 g/mol. The molecule has 0 fully saturated rings. The van der Waals surface area contributed by atoms with Gasteiger partial charge in [0.2, 0.25) is 10.0 Å². The Morgan fingerprint density at radius 1 is 1.10 bits per heavy atom. The fraction of sp³-hybridized carbons (Fsp3) is 0.250. The molecule has 0 spiro atoms. The van der Waals surface area contributed by atoms with Gasteiger partial charge in [0.25, 0.3) is 0 Å². The second-order valence-electron chi connectivity index (χ2n) is 6.49. The summed E-state index contributed by atoms with van der Waals surface area (Å²) in [5.74, 6) is 0.708. The number of carbonyl (C=O) groups excluding carboxylic acids is 1. The number of carbonyl (C=O) groups is 1. The monoisotopic (exact) mass is 430 g/mol. The number of hydrogen-bond donors (Lipinski definition) is 1. The first kappa shape index (κ1) is 21.1. The Morgan fingerprint density at radius 2 is 1.76 bits per heavy atom. The van der Waals surface area contributed by atoms with Crippen molar-refractivity contribution in [3.8, 4) is 11.4 Å². The van der Waals surface area contributed by atoms with Gasteiger partial charge in [-0.25, -0.2) is 8.42 Å². The Bertz CT molecular complexity index is 1090. The van der Waals surface area contributed by atoms with Gasteiger partial charge < -0.3 is 4.57 Å². The van der Waals surface area contributed by atoms with Crippen LogP contribution in [0.3, 0.4) is 0 Å². The standard InChI is InChI=1S/C20H22N4O3S2/c1-4-24-19(16-8-6-5-7-9-16)21-22-20(24)28-14(2)18(25)15-10-12-17(13-11-15)23-29(3,26)27/h5-14,23H,4H2,1-3H3. The lowest BCUT2D eigenvalue weighted by atomic mass is 10.1. The number of benzene rings is 2. The molecule has 0 aliphatic rings. The lowest BCUT2D eigenvalue weighted by molar-refractivity contribution is 0.0994. The molecule has 1 heterocycles. The molecule has 0 bridgehead atoms. The van der Waals surface area contributed by atoms with Crippen molar-refractivity contribution in [2.24, 2.45) is 0 Å². The smallest absolute Gasteiger partial charge is 0.229 e. The molecule has 29 heavy (non-hydrogen) atoms. The normalized spacial score (nSPS) is 12.5. The molecule has 1 atom stereocenters. The molecule has 0 radical (unpaired) electrons. The van der Waals surface area contributed by atoms with E-state index in [9.17, 15) is 13.2 Å². The predicted molar refractivity (Wildman–Crippen MR) is 116 cm³/mol. The van der Waals surface area contributed by atoms with Crippen molar-refractivity contribution < 1.29 is 13.2 Å². The second-order valence-corrected chi connectivity index (χ2v) is 9.55. The van der Waals surface area contributed by atoms with Crippen LogP contribution >= 0.6 is 11.8 Å². The molecule has 1 aromatic heterocycles. The van der Waals surface area contributed by atoms with E-state index in [0.717, 1.165) is 17.6 Å². The first-order chi connectivity index (χ1) is 13.8. The molecule has 3 aromatic rings. The van der Waals surface area contributed by atoms with Crippen LogP contribution in [0.1, 0.15) is 24.2 Å². The van der Waals surface area contributed by atoms with Gasteiger partial charge in [-0.1, -0.05) is 42.1 Å². The van der Waals surface area contributed by atoms with Crippen molar-refractivity contribution in [1.82, 2.24) is 14.8 Å². The van der Waals surface area contributed by atoms with Crippen molar-refractivity contribution in [2.75, 3.05) is 11.0 Å². The van der Waals surface area contributed by atoms with E-state index in [0.29, 0.717) is 23.0 Å². The van der Waals surface area contributed by atoms with Crippen LogP contribution < -0.4 is 4.72 Å². The van der Waals surface area contributed by atoms with Crippen LogP contribution in [0.25, 0.3) is 11.4 Å². The summed E-state index contributed by atoms with van der Waals surface area (Å²) in [5.41, 5.74) is 1.90. The minimum Gasteiger partial charge on any atom is -0.302 e. The number of ketones is 1. The molecule has 0 aliphatic carbocycles. The van der Waals surface area contributed by atoms with Gasteiger partial charge in [0.1, 0.15) is 0 Å². The van der Waals surface area contributed by atoms with Crippen LogP contribution in [0.4, 0.5) is 5.69 Å². The summed E-state index contributed by atoms with van der Waals surface area (Å²) in [5, 5.41) is 8.89. The van der Waals surface area contributed by atoms with E-state index in [1.807, 2.05) is 48.7 Å². The number of aromatic nitrogens is 3. The molecule has 1 unspecified atom stereocenters.